The Balaban J connectivity index is 2.47. The maximum atomic E-state index is 11.5. The molecule has 0 aromatic heterocycles. The molecule has 6 heteroatoms. The first-order valence-electron chi connectivity index (χ1n) is 7.19. The van der Waals surface area contributed by atoms with E-state index in [0.717, 1.165) is 39.1 Å². The zero-order valence-electron chi connectivity index (χ0n) is 12.8. The van der Waals surface area contributed by atoms with Crippen molar-refractivity contribution < 1.29 is 8.42 Å². The van der Waals surface area contributed by atoms with Crippen LogP contribution in [-0.2, 0) is 10.0 Å². The van der Waals surface area contributed by atoms with Crippen LogP contribution in [0.25, 0.3) is 0 Å². The minimum absolute atomic E-state index is 0.267. The average molecular weight is 291 g/mol. The summed E-state index contributed by atoms with van der Waals surface area (Å²) in [5, 5.41) is 3.43. The monoisotopic (exact) mass is 291 g/mol. The molecule has 0 amide bonds. The number of nitrogens with one attached hydrogen (secondary N) is 1. The van der Waals surface area contributed by atoms with Crippen LogP contribution in [-0.4, -0.2) is 69.7 Å². The third-order valence-corrected chi connectivity index (χ3v) is 5.36. The summed E-state index contributed by atoms with van der Waals surface area (Å²) in [4.78, 5) is 2.39. The zero-order chi connectivity index (χ0) is 14.5. The normalized spacial score (nSPS) is 22.3. The number of nitrogens with zero attached hydrogens (tertiary/aromatic N) is 2. The molecule has 114 valence electrons. The number of piperazine rings is 1. The van der Waals surface area contributed by atoms with Crippen LogP contribution in [0.2, 0.25) is 0 Å². The summed E-state index contributed by atoms with van der Waals surface area (Å²) in [6.07, 6.45) is 2.43. The standard InChI is InChI=1S/C13H29N3O2S/c1-5-13(3,11-14-6-2)12-15-7-9-16(10-8-15)19(4,17)18/h14H,5-12H2,1-4H3. The lowest BCUT2D eigenvalue weighted by atomic mass is 9.86. The Morgan fingerprint density at radius 1 is 1.16 bits per heavy atom. The number of rotatable bonds is 7. The van der Waals surface area contributed by atoms with Crippen LogP contribution in [0.1, 0.15) is 27.2 Å². The maximum absolute atomic E-state index is 11.5. The van der Waals surface area contributed by atoms with Gasteiger partial charge in [-0.25, -0.2) is 8.42 Å². The van der Waals surface area contributed by atoms with Gasteiger partial charge in [0.25, 0.3) is 0 Å². The van der Waals surface area contributed by atoms with Gasteiger partial charge in [-0.3, -0.25) is 0 Å². The van der Waals surface area contributed by atoms with Gasteiger partial charge in [-0.05, 0) is 18.4 Å². The highest BCUT2D eigenvalue weighted by atomic mass is 32.2. The van der Waals surface area contributed by atoms with E-state index in [2.05, 4.69) is 31.0 Å². The van der Waals surface area contributed by atoms with Crippen molar-refractivity contribution >= 4 is 10.0 Å². The van der Waals surface area contributed by atoms with E-state index in [1.54, 1.807) is 4.31 Å². The van der Waals surface area contributed by atoms with E-state index in [1.165, 1.54) is 6.26 Å². The molecule has 1 aliphatic rings. The highest BCUT2D eigenvalue weighted by Gasteiger charge is 2.29. The summed E-state index contributed by atoms with van der Waals surface area (Å²) in [6, 6.07) is 0. The van der Waals surface area contributed by atoms with Crippen LogP contribution in [0.3, 0.4) is 0 Å². The lowest BCUT2D eigenvalue weighted by Gasteiger charge is -2.39. The molecule has 1 rings (SSSR count). The third kappa shape index (κ3) is 5.38. The van der Waals surface area contributed by atoms with Crippen LogP contribution in [0, 0.1) is 5.41 Å². The molecule has 0 radical (unpaired) electrons. The minimum Gasteiger partial charge on any atom is -0.316 e. The van der Waals surface area contributed by atoms with Crippen molar-refractivity contribution in [1.29, 1.82) is 0 Å². The van der Waals surface area contributed by atoms with Gasteiger partial charge >= 0.3 is 0 Å². The van der Waals surface area contributed by atoms with Gasteiger partial charge in [0.05, 0.1) is 6.26 Å². The number of hydrogen-bond donors (Lipinski definition) is 1. The van der Waals surface area contributed by atoms with Gasteiger partial charge in [0.15, 0.2) is 0 Å². The van der Waals surface area contributed by atoms with Gasteiger partial charge in [-0.15, -0.1) is 0 Å². The summed E-state index contributed by atoms with van der Waals surface area (Å²) in [6.45, 7) is 12.6. The van der Waals surface area contributed by atoms with E-state index in [9.17, 15) is 8.42 Å². The van der Waals surface area contributed by atoms with Crippen molar-refractivity contribution in [2.75, 3.05) is 52.1 Å². The second-order valence-electron chi connectivity index (χ2n) is 5.88. The predicted octanol–water partition coefficient (Wildman–Crippen LogP) is 0.589. The van der Waals surface area contributed by atoms with Crippen molar-refractivity contribution in [3.05, 3.63) is 0 Å². The van der Waals surface area contributed by atoms with Crippen LogP contribution in [0.4, 0.5) is 0 Å². The molecule has 0 bridgehead atoms. The topological polar surface area (TPSA) is 52.6 Å². The van der Waals surface area contributed by atoms with Crippen molar-refractivity contribution in [3.63, 3.8) is 0 Å². The first-order chi connectivity index (χ1) is 8.80. The van der Waals surface area contributed by atoms with E-state index in [-0.39, 0.29) is 5.41 Å². The van der Waals surface area contributed by atoms with Crippen molar-refractivity contribution in [1.82, 2.24) is 14.5 Å². The summed E-state index contributed by atoms with van der Waals surface area (Å²) in [7, 11) is -3.02. The smallest absolute Gasteiger partial charge is 0.211 e. The SMILES string of the molecule is CCNCC(C)(CC)CN1CCN(S(C)(=O)=O)CC1. The second kappa shape index (κ2) is 7.02. The molecule has 1 N–H and O–H groups in total. The largest absolute Gasteiger partial charge is 0.316 e. The lowest BCUT2D eigenvalue weighted by molar-refractivity contribution is 0.119. The van der Waals surface area contributed by atoms with Crippen LogP contribution < -0.4 is 5.32 Å². The Kier molecular flexibility index (Phi) is 6.23. The highest BCUT2D eigenvalue weighted by Crippen LogP contribution is 2.22. The quantitative estimate of drug-likeness (QED) is 0.746. The van der Waals surface area contributed by atoms with Gasteiger partial charge in [0, 0.05) is 39.3 Å². The molecule has 1 saturated heterocycles. The maximum Gasteiger partial charge on any atom is 0.211 e. The molecule has 0 saturated carbocycles. The van der Waals surface area contributed by atoms with Gasteiger partial charge in [0.2, 0.25) is 10.0 Å². The summed E-state index contributed by atoms with van der Waals surface area (Å²) in [5.41, 5.74) is 0.267. The molecular formula is C13H29N3O2S. The fourth-order valence-corrected chi connectivity index (χ4v) is 3.31. The summed E-state index contributed by atoms with van der Waals surface area (Å²) >= 11 is 0. The molecule has 5 nitrogen and oxygen atoms in total. The molecule has 1 atom stereocenters. The molecule has 19 heavy (non-hydrogen) atoms. The van der Waals surface area contributed by atoms with E-state index >= 15 is 0 Å². The molecule has 1 fully saturated rings. The molecule has 0 aliphatic carbocycles. The average Bonchev–Trinajstić information content (AvgIpc) is 2.36. The Hall–Kier alpha value is -0.170. The molecule has 1 aliphatic heterocycles. The fraction of sp³-hybridized carbons (Fsp3) is 1.00. The predicted molar refractivity (Wildman–Crippen MR) is 79.8 cm³/mol. The molecule has 0 aromatic rings. The van der Waals surface area contributed by atoms with E-state index < -0.39 is 10.0 Å². The highest BCUT2D eigenvalue weighted by molar-refractivity contribution is 7.88. The van der Waals surface area contributed by atoms with Gasteiger partial charge in [-0.2, -0.15) is 4.31 Å². The minimum atomic E-state index is -3.02. The van der Waals surface area contributed by atoms with Gasteiger partial charge in [-0.1, -0.05) is 20.8 Å². The first-order valence-corrected chi connectivity index (χ1v) is 9.04. The van der Waals surface area contributed by atoms with E-state index in [0.29, 0.717) is 13.1 Å². The molecular weight excluding hydrogens is 262 g/mol. The molecule has 1 heterocycles. The van der Waals surface area contributed by atoms with Crippen molar-refractivity contribution in [3.8, 4) is 0 Å². The Labute approximate surface area is 118 Å². The number of hydrogen-bond acceptors (Lipinski definition) is 4. The second-order valence-corrected chi connectivity index (χ2v) is 7.87. The van der Waals surface area contributed by atoms with Crippen molar-refractivity contribution in [2.24, 2.45) is 5.41 Å². The van der Waals surface area contributed by atoms with E-state index in [1.807, 2.05) is 0 Å². The van der Waals surface area contributed by atoms with E-state index in [4.69, 9.17) is 0 Å². The van der Waals surface area contributed by atoms with Crippen LogP contribution in [0.15, 0.2) is 0 Å². The molecule has 1 unspecified atom stereocenters. The first kappa shape index (κ1) is 16.9. The Bertz CT molecular complexity index is 364. The van der Waals surface area contributed by atoms with Crippen molar-refractivity contribution in [2.45, 2.75) is 27.2 Å². The van der Waals surface area contributed by atoms with Gasteiger partial charge < -0.3 is 10.2 Å². The van der Waals surface area contributed by atoms with Crippen LogP contribution >= 0.6 is 0 Å². The third-order valence-electron chi connectivity index (χ3n) is 4.06. The summed E-state index contributed by atoms with van der Waals surface area (Å²) < 4.78 is 24.5. The Morgan fingerprint density at radius 2 is 1.74 bits per heavy atom. The zero-order valence-corrected chi connectivity index (χ0v) is 13.6. The summed E-state index contributed by atoms with van der Waals surface area (Å²) in [5.74, 6) is 0. The number of sulfonamides is 1. The van der Waals surface area contributed by atoms with Crippen LogP contribution in [0.5, 0.6) is 0 Å². The molecule has 0 spiro atoms. The van der Waals surface area contributed by atoms with Gasteiger partial charge in [0.1, 0.15) is 0 Å². The fourth-order valence-electron chi connectivity index (χ4n) is 2.48. The Morgan fingerprint density at radius 3 is 2.16 bits per heavy atom. The lowest BCUT2D eigenvalue weighted by Crippen LogP contribution is -2.52. The molecule has 0 aromatic carbocycles.